The molecule has 0 radical (unpaired) electrons. The second kappa shape index (κ2) is 3.24. The Labute approximate surface area is 78.4 Å². The van der Waals surface area contributed by atoms with E-state index in [1.165, 1.54) is 12.2 Å². The molecule has 1 aliphatic heterocycles. The zero-order chi connectivity index (χ0) is 10.1. The van der Waals surface area contributed by atoms with Gasteiger partial charge in [-0.15, -0.1) is 0 Å². The highest BCUT2D eigenvalue weighted by molar-refractivity contribution is 5.97. The van der Waals surface area contributed by atoms with Crippen molar-refractivity contribution in [2.75, 3.05) is 0 Å². The van der Waals surface area contributed by atoms with Gasteiger partial charge in [0.2, 0.25) is 0 Å². The van der Waals surface area contributed by atoms with Gasteiger partial charge in [0, 0.05) is 6.42 Å². The molecule has 0 fully saturated rings. The largest absolute Gasteiger partial charge is 0.362 e. The predicted molar refractivity (Wildman–Crippen MR) is 49.2 cm³/mol. The minimum absolute atomic E-state index is 0.0758. The van der Waals surface area contributed by atoms with Gasteiger partial charge in [0.25, 0.3) is 0 Å². The van der Waals surface area contributed by atoms with Gasteiger partial charge in [-0.2, -0.15) is 0 Å². The first kappa shape index (κ1) is 10.4. The first-order valence-corrected chi connectivity index (χ1v) is 4.62. The van der Waals surface area contributed by atoms with E-state index in [9.17, 15) is 9.90 Å². The minimum atomic E-state index is -1.27. The van der Waals surface area contributed by atoms with E-state index in [1.54, 1.807) is 6.92 Å². The third-order valence-electron chi connectivity index (χ3n) is 2.60. The molecule has 2 unspecified atom stereocenters. The van der Waals surface area contributed by atoms with Gasteiger partial charge in [0.1, 0.15) is 5.60 Å². The standard InChI is InChI=1S/C10H16O3/c1-4-9(3)8(11)6-7-10(12,5-2)13-9/h6-7,12H,4-5H2,1-3H3. The van der Waals surface area contributed by atoms with Crippen molar-refractivity contribution in [1.29, 1.82) is 0 Å². The molecule has 1 rings (SSSR count). The zero-order valence-corrected chi connectivity index (χ0v) is 8.33. The number of carbonyl (C=O) groups excluding carboxylic acids is 1. The van der Waals surface area contributed by atoms with Gasteiger partial charge in [0.05, 0.1) is 0 Å². The van der Waals surface area contributed by atoms with Crippen LogP contribution in [0.3, 0.4) is 0 Å². The summed E-state index contributed by atoms with van der Waals surface area (Å²) in [5, 5.41) is 9.80. The molecule has 2 atom stereocenters. The van der Waals surface area contributed by atoms with Crippen LogP contribution >= 0.6 is 0 Å². The lowest BCUT2D eigenvalue weighted by Crippen LogP contribution is -2.49. The summed E-state index contributed by atoms with van der Waals surface area (Å²) in [6.45, 7) is 5.39. The van der Waals surface area contributed by atoms with Crippen LogP contribution in [0.5, 0.6) is 0 Å². The Balaban J connectivity index is 2.95. The molecule has 0 saturated heterocycles. The molecule has 0 aromatic carbocycles. The van der Waals surface area contributed by atoms with Crippen LogP contribution in [0.15, 0.2) is 12.2 Å². The molecule has 0 aromatic heterocycles. The van der Waals surface area contributed by atoms with Gasteiger partial charge in [-0.1, -0.05) is 13.8 Å². The molecule has 1 N–H and O–H groups in total. The van der Waals surface area contributed by atoms with Crippen LogP contribution in [0.2, 0.25) is 0 Å². The first-order chi connectivity index (χ1) is 5.96. The van der Waals surface area contributed by atoms with E-state index in [-0.39, 0.29) is 5.78 Å². The smallest absolute Gasteiger partial charge is 0.187 e. The fourth-order valence-electron chi connectivity index (χ4n) is 1.29. The molecule has 3 nitrogen and oxygen atoms in total. The van der Waals surface area contributed by atoms with Crippen molar-refractivity contribution in [2.24, 2.45) is 0 Å². The Morgan fingerprint density at radius 2 is 2.08 bits per heavy atom. The minimum Gasteiger partial charge on any atom is -0.362 e. The fourth-order valence-corrected chi connectivity index (χ4v) is 1.29. The van der Waals surface area contributed by atoms with E-state index < -0.39 is 11.4 Å². The van der Waals surface area contributed by atoms with E-state index in [0.717, 1.165) is 0 Å². The molecule has 0 aromatic rings. The van der Waals surface area contributed by atoms with Crippen LogP contribution in [0, 0.1) is 0 Å². The number of aliphatic hydroxyl groups is 1. The normalized spacial score (nSPS) is 39.5. The van der Waals surface area contributed by atoms with Gasteiger partial charge in [-0.3, -0.25) is 4.79 Å². The molecule has 0 spiro atoms. The summed E-state index contributed by atoms with van der Waals surface area (Å²) in [5.74, 6) is -1.34. The van der Waals surface area contributed by atoms with Crippen LogP contribution < -0.4 is 0 Å². The molecule has 1 aliphatic rings. The molecular weight excluding hydrogens is 168 g/mol. The summed E-state index contributed by atoms with van der Waals surface area (Å²) in [7, 11) is 0. The fraction of sp³-hybridized carbons (Fsp3) is 0.700. The van der Waals surface area contributed by atoms with E-state index >= 15 is 0 Å². The lowest BCUT2D eigenvalue weighted by Gasteiger charge is -2.38. The van der Waals surface area contributed by atoms with Crippen LogP contribution in [0.1, 0.15) is 33.6 Å². The highest BCUT2D eigenvalue weighted by Gasteiger charge is 2.41. The van der Waals surface area contributed by atoms with E-state index in [4.69, 9.17) is 4.74 Å². The number of ether oxygens (including phenoxy) is 1. The van der Waals surface area contributed by atoms with Crippen molar-refractivity contribution in [1.82, 2.24) is 0 Å². The van der Waals surface area contributed by atoms with E-state index in [1.807, 2.05) is 13.8 Å². The summed E-state index contributed by atoms with van der Waals surface area (Å²) in [6.07, 6.45) is 3.86. The molecule has 0 amide bonds. The maximum atomic E-state index is 11.4. The number of ketones is 1. The zero-order valence-electron chi connectivity index (χ0n) is 8.33. The van der Waals surface area contributed by atoms with Crippen molar-refractivity contribution in [3.05, 3.63) is 12.2 Å². The number of hydrogen-bond donors (Lipinski definition) is 1. The molecule has 74 valence electrons. The Hall–Kier alpha value is -0.670. The quantitative estimate of drug-likeness (QED) is 0.705. The van der Waals surface area contributed by atoms with E-state index in [2.05, 4.69) is 0 Å². The molecule has 1 heterocycles. The van der Waals surface area contributed by atoms with Crippen molar-refractivity contribution in [2.45, 2.75) is 45.0 Å². The maximum absolute atomic E-state index is 11.4. The predicted octanol–water partition coefficient (Wildman–Crippen LogP) is 1.41. The second-order valence-corrected chi connectivity index (χ2v) is 3.58. The Kier molecular flexibility index (Phi) is 2.59. The summed E-state index contributed by atoms with van der Waals surface area (Å²) >= 11 is 0. The topological polar surface area (TPSA) is 46.5 Å². The number of carbonyl (C=O) groups is 1. The van der Waals surface area contributed by atoms with Crippen LogP contribution in [-0.4, -0.2) is 22.3 Å². The third-order valence-corrected chi connectivity index (χ3v) is 2.60. The van der Waals surface area contributed by atoms with Crippen LogP contribution in [0.4, 0.5) is 0 Å². The number of rotatable bonds is 2. The molecule has 0 saturated carbocycles. The molecular formula is C10H16O3. The van der Waals surface area contributed by atoms with Crippen LogP contribution in [-0.2, 0) is 9.53 Å². The van der Waals surface area contributed by atoms with Gasteiger partial charge < -0.3 is 9.84 Å². The summed E-state index contributed by atoms with van der Waals surface area (Å²) in [5.41, 5.74) is -0.862. The average Bonchev–Trinajstić information content (AvgIpc) is 2.12. The number of hydrogen-bond acceptors (Lipinski definition) is 3. The Morgan fingerprint density at radius 1 is 1.46 bits per heavy atom. The van der Waals surface area contributed by atoms with Gasteiger partial charge >= 0.3 is 0 Å². The van der Waals surface area contributed by atoms with Crippen molar-refractivity contribution < 1.29 is 14.6 Å². The van der Waals surface area contributed by atoms with Gasteiger partial charge in [0.15, 0.2) is 11.6 Å². The molecule has 13 heavy (non-hydrogen) atoms. The first-order valence-electron chi connectivity index (χ1n) is 4.62. The lowest BCUT2D eigenvalue weighted by atomic mass is 9.92. The highest BCUT2D eigenvalue weighted by atomic mass is 16.6. The Morgan fingerprint density at radius 3 is 2.54 bits per heavy atom. The third kappa shape index (κ3) is 1.81. The summed E-state index contributed by atoms with van der Waals surface area (Å²) in [6, 6.07) is 0. The van der Waals surface area contributed by atoms with Crippen LogP contribution in [0.25, 0.3) is 0 Å². The summed E-state index contributed by atoms with van der Waals surface area (Å²) < 4.78 is 5.39. The molecule has 0 bridgehead atoms. The van der Waals surface area contributed by atoms with E-state index in [0.29, 0.717) is 12.8 Å². The monoisotopic (exact) mass is 184 g/mol. The average molecular weight is 184 g/mol. The molecule has 3 heteroatoms. The Bertz CT molecular complexity index is 247. The highest BCUT2D eigenvalue weighted by Crippen LogP contribution is 2.30. The molecule has 0 aliphatic carbocycles. The van der Waals surface area contributed by atoms with Gasteiger partial charge in [-0.05, 0) is 25.5 Å². The van der Waals surface area contributed by atoms with Crippen molar-refractivity contribution in [3.8, 4) is 0 Å². The van der Waals surface area contributed by atoms with Crippen molar-refractivity contribution in [3.63, 3.8) is 0 Å². The lowest BCUT2D eigenvalue weighted by molar-refractivity contribution is -0.234. The van der Waals surface area contributed by atoms with Gasteiger partial charge in [-0.25, -0.2) is 0 Å². The SMILES string of the molecule is CCC1(O)C=CC(=O)C(C)(CC)O1. The van der Waals surface area contributed by atoms with Crippen molar-refractivity contribution >= 4 is 5.78 Å². The summed E-state index contributed by atoms with van der Waals surface area (Å²) in [4.78, 5) is 11.4. The maximum Gasteiger partial charge on any atom is 0.187 e. The second-order valence-electron chi connectivity index (χ2n) is 3.58.